The maximum atomic E-state index is 12.4. The fourth-order valence-corrected chi connectivity index (χ4v) is 3.12. The first-order valence-electron chi connectivity index (χ1n) is 6.03. The third kappa shape index (κ3) is 0.973. The van der Waals surface area contributed by atoms with Crippen LogP contribution in [0.1, 0.15) is 21.5 Å². The molecule has 0 saturated carbocycles. The Morgan fingerprint density at radius 1 is 1.28 bits per heavy atom. The van der Waals surface area contributed by atoms with E-state index in [4.69, 9.17) is 4.42 Å². The third-order valence-electron chi connectivity index (χ3n) is 3.85. The number of fused-ring (bicyclic) bond motifs is 3. The monoisotopic (exact) mass is 240 g/mol. The standard InChI is InChI=1S/C14H12N2O2/c17-13-11-3-1-2-4-12(11)14(10-5-8-18-9-10)15-6-7-16(13)14/h1-5,8-9,15H,6-7H2. The first-order valence-corrected chi connectivity index (χ1v) is 6.03. The molecule has 0 radical (unpaired) electrons. The van der Waals surface area contributed by atoms with Gasteiger partial charge >= 0.3 is 0 Å². The van der Waals surface area contributed by atoms with Crippen LogP contribution in [0.25, 0.3) is 0 Å². The Morgan fingerprint density at radius 3 is 3.00 bits per heavy atom. The highest BCUT2D eigenvalue weighted by atomic mass is 16.3. The van der Waals surface area contributed by atoms with Gasteiger partial charge in [0.25, 0.3) is 5.91 Å². The first kappa shape index (κ1) is 9.91. The molecule has 90 valence electrons. The Kier molecular flexibility index (Phi) is 1.78. The van der Waals surface area contributed by atoms with Crippen LogP contribution in [0.4, 0.5) is 0 Å². The molecule has 2 aliphatic rings. The topological polar surface area (TPSA) is 45.5 Å². The van der Waals surface area contributed by atoms with E-state index in [2.05, 4.69) is 5.32 Å². The van der Waals surface area contributed by atoms with Gasteiger partial charge in [-0.05, 0) is 12.1 Å². The minimum atomic E-state index is -0.527. The molecule has 3 heterocycles. The Hall–Kier alpha value is -2.07. The first-order chi connectivity index (χ1) is 8.84. The highest BCUT2D eigenvalue weighted by Crippen LogP contribution is 2.44. The molecule has 0 bridgehead atoms. The average molecular weight is 240 g/mol. The van der Waals surface area contributed by atoms with Gasteiger partial charge in [0, 0.05) is 29.8 Å². The van der Waals surface area contributed by atoms with Crippen molar-refractivity contribution < 1.29 is 9.21 Å². The molecule has 1 amide bonds. The number of hydrogen-bond acceptors (Lipinski definition) is 3. The number of carbonyl (C=O) groups is 1. The average Bonchev–Trinajstić information content (AvgIpc) is 3.09. The molecular weight excluding hydrogens is 228 g/mol. The van der Waals surface area contributed by atoms with Crippen LogP contribution in [0.15, 0.2) is 47.3 Å². The molecule has 4 heteroatoms. The van der Waals surface area contributed by atoms with Gasteiger partial charge in [0.05, 0.1) is 12.5 Å². The van der Waals surface area contributed by atoms with E-state index in [1.807, 2.05) is 35.2 Å². The van der Waals surface area contributed by atoms with Crippen molar-refractivity contribution in [3.8, 4) is 0 Å². The summed E-state index contributed by atoms with van der Waals surface area (Å²) in [5.74, 6) is 0.0943. The largest absolute Gasteiger partial charge is 0.472 e. The van der Waals surface area contributed by atoms with Crippen LogP contribution in [0.5, 0.6) is 0 Å². The number of nitrogens with one attached hydrogen (secondary N) is 1. The number of hydrogen-bond donors (Lipinski definition) is 1. The molecule has 1 atom stereocenters. The molecule has 0 spiro atoms. The van der Waals surface area contributed by atoms with Crippen LogP contribution in [0, 0.1) is 0 Å². The Morgan fingerprint density at radius 2 is 2.17 bits per heavy atom. The van der Waals surface area contributed by atoms with Crippen LogP contribution in [0.2, 0.25) is 0 Å². The van der Waals surface area contributed by atoms with Crippen molar-refractivity contribution in [3.05, 3.63) is 59.5 Å². The van der Waals surface area contributed by atoms with Crippen LogP contribution in [-0.4, -0.2) is 23.9 Å². The summed E-state index contributed by atoms with van der Waals surface area (Å²) in [5, 5.41) is 3.47. The van der Waals surface area contributed by atoms with Crippen LogP contribution in [-0.2, 0) is 5.66 Å². The van der Waals surface area contributed by atoms with Gasteiger partial charge in [-0.3, -0.25) is 10.1 Å². The van der Waals surface area contributed by atoms with E-state index in [-0.39, 0.29) is 5.91 Å². The van der Waals surface area contributed by atoms with Crippen LogP contribution < -0.4 is 5.32 Å². The Labute approximate surface area is 104 Å². The predicted octanol–water partition coefficient (Wildman–Crippen LogP) is 1.54. The lowest BCUT2D eigenvalue weighted by molar-refractivity contribution is 0.0694. The summed E-state index contributed by atoms with van der Waals surface area (Å²) in [5.41, 5.74) is 2.26. The molecule has 4 nitrogen and oxygen atoms in total. The molecule has 4 rings (SSSR count). The van der Waals surface area contributed by atoms with E-state index in [1.165, 1.54) is 0 Å². The lowest BCUT2D eigenvalue weighted by Crippen LogP contribution is -2.46. The number of amides is 1. The zero-order valence-corrected chi connectivity index (χ0v) is 9.72. The summed E-state index contributed by atoms with van der Waals surface area (Å²) in [4.78, 5) is 14.3. The molecule has 1 saturated heterocycles. The molecule has 1 aromatic heterocycles. The molecule has 1 N–H and O–H groups in total. The van der Waals surface area contributed by atoms with Gasteiger partial charge in [0.15, 0.2) is 0 Å². The maximum Gasteiger partial charge on any atom is 0.256 e. The van der Waals surface area contributed by atoms with Crippen molar-refractivity contribution in [2.75, 3.05) is 13.1 Å². The van der Waals surface area contributed by atoms with Gasteiger partial charge in [-0.1, -0.05) is 18.2 Å². The Bertz CT molecular complexity index is 620. The van der Waals surface area contributed by atoms with Gasteiger partial charge in [0.1, 0.15) is 5.66 Å². The van der Waals surface area contributed by atoms with E-state index in [9.17, 15) is 4.79 Å². The van der Waals surface area contributed by atoms with Crippen molar-refractivity contribution in [2.45, 2.75) is 5.66 Å². The summed E-state index contributed by atoms with van der Waals surface area (Å²) in [6.07, 6.45) is 3.36. The van der Waals surface area contributed by atoms with E-state index >= 15 is 0 Å². The second kappa shape index (κ2) is 3.23. The molecule has 1 fully saturated rings. The summed E-state index contributed by atoms with van der Waals surface area (Å²) in [7, 11) is 0. The molecule has 0 aliphatic carbocycles. The van der Waals surface area contributed by atoms with E-state index in [1.54, 1.807) is 12.5 Å². The molecular formula is C14H12N2O2. The lowest BCUT2D eigenvalue weighted by Gasteiger charge is -2.31. The van der Waals surface area contributed by atoms with Gasteiger partial charge in [-0.25, -0.2) is 0 Å². The molecule has 1 unspecified atom stereocenters. The minimum Gasteiger partial charge on any atom is -0.472 e. The van der Waals surface area contributed by atoms with Crippen molar-refractivity contribution in [1.29, 1.82) is 0 Å². The highest BCUT2D eigenvalue weighted by Gasteiger charge is 2.53. The fourth-order valence-electron chi connectivity index (χ4n) is 3.12. The molecule has 2 aromatic rings. The van der Waals surface area contributed by atoms with Gasteiger partial charge in [0.2, 0.25) is 0 Å². The van der Waals surface area contributed by atoms with Crippen molar-refractivity contribution in [1.82, 2.24) is 10.2 Å². The highest BCUT2D eigenvalue weighted by molar-refractivity contribution is 6.01. The zero-order valence-electron chi connectivity index (χ0n) is 9.72. The van der Waals surface area contributed by atoms with E-state index < -0.39 is 5.66 Å². The molecule has 2 aliphatic heterocycles. The van der Waals surface area contributed by atoms with Gasteiger partial charge < -0.3 is 9.32 Å². The van der Waals surface area contributed by atoms with Crippen molar-refractivity contribution >= 4 is 5.91 Å². The summed E-state index contributed by atoms with van der Waals surface area (Å²) in [6.45, 7) is 1.52. The molecule has 1 aromatic carbocycles. The van der Waals surface area contributed by atoms with Crippen LogP contribution >= 0.6 is 0 Å². The summed E-state index contributed by atoms with van der Waals surface area (Å²) >= 11 is 0. The number of carbonyl (C=O) groups excluding carboxylic acids is 1. The van der Waals surface area contributed by atoms with Gasteiger partial charge in [-0.15, -0.1) is 0 Å². The summed E-state index contributed by atoms with van der Waals surface area (Å²) < 4.78 is 5.20. The van der Waals surface area contributed by atoms with Gasteiger partial charge in [-0.2, -0.15) is 0 Å². The minimum absolute atomic E-state index is 0.0943. The molecule has 18 heavy (non-hydrogen) atoms. The number of benzene rings is 1. The normalized spacial score (nSPS) is 25.3. The zero-order chi connectivity index (χ0) is 12.2. The second-order valence-electron chi connectivity index (χ2n) is 4.65. The van der Waals surface area contributed by atoms with Crippen LogP contribution in [0.3, 0.4) is 0 Å². The van der Waals surface area contributed by atoms with Crippen molar-refractivity contribution in [3.63, 3.8) is 0 Å². The number of furan rings is 1. The van der Waals surface area contributed by atoms with E-state index in [0.29, 0.717) is 0 Å². The van der Waals surface area contributed by atoms with E-state index in [0.717, 1.165) is 29.8 Å². The Balaban J connectivity index is 2.03. The van der Waals surface area contributed by atoms with Crippen molar-refractivity contribution in [2.24, 2.45) is 0 Å². The smallest absolute Gasteiger partial charge is 0.256 e. The third-order valence-corrected chi connectivity index (χ3v) is 3.85. The maximum absolute atomic E-state index is 12.4. The summed E-state index contributed by atoms with van der Waals surface area (Å²) in [6, 6.07) is 9.69. The predicted molar refractivity (Wildman–Crippen MR) is 65.0 cm³/mol. The fraction of sp³-hybridized carbons (Fsp3) is 0.214. The number of nitrogens with zero attached hydrogens (tertiary/aromatic N) is 1. The quantitative estimate of drug-likeness (QED) is 0.822. The SMILES string of the molecule is O=C1c2ccccc2C2(c3ccoc3)NCCN12. The lowest BCUT2D eigenvalue weighted by atomic mass is 9.93. The number of rotatable bonds is 1. The second-order valence-corrected chi connectivity index (χ2v) is 4.65.